The fraction of sp³-hybridized carbons (Fsp3) is 0.519. The lowest BCUT2D eigenvalue weighted by Crippen LogP contribution is -2.58. The molecule has 0 saturated carbocycles. The molecule has 1 aromatic carbocycles. The third kappa shape index (κ3) is 8.08. The van der Waals surface area contributed by atoms with Crippen LogP contribution in [0.2, 0.25) is 5.02 Å². The van der Waals surface area contributed by atoms with Crippen molar-refractivity contribution in [2.45, 2.75) is 72.2 Å². The van der Waals surface area contributed by atoms with Crippen LogP contribution in [0.15, 0.2) is 34.4 Å². The van der Waals surface area contributed by atoms with Crippen molar-refractivity contribution in [3.05, 3.63) is 57.4 Å². The van der Waals surface area contributed by atoms with Gasteiger partial charge in [-0.3, -0.25) is 9.59 Å². The molecule has 1 aliphatic heterocycles. The van der Waals surface area contributed by atoms with Gasteiger partial charge in [-0.1, -0.05) is 28.9 Å². The first kappa shape index (κ1) is 34.7. The minimum atomic E-state index is -3.87. The molecular weight excluding hydrogens is 593 g/mol. The lowest BCUT2D eigenvalue weighted by atomic mass is 9.92. The summed E-state index contributed by atoms with van der Waals surface area (Å²) in [5.74, 6) is -0.377. The smallest absolute Gasteiger partial charge is 0.247 e. The molecule has 14 heteroatoms. The van der Waals surface area contributed by atoms with Crippen molar-refractivity contribution >= 4 is 50.8 Å². The van der Waals surface area contributed by atoms with E-state index in [9.17, 15) is 18.0 Å². The van der Waals surface area contributed by atoms with Gasteiger partial charge >= 0.3 is 0 Å². The Labute approximate surface area is 252 Å². The van der Waals surface area contributed by atoms with Crippen LogP contribution in [0.5, 0.6) is 0 Å². The minimum absolute atomic E-state index is 0. The first-order valence-corrected chi connectivity index (χ1v) is 14.8. The number of halogens is 2. The summed E-state index contributed by atoms with van der Waals surface area (Å²) in [6.07, 6.45) is 0. The molecule has 11 nitrogen and oxygen atoms in total. The Balaban J connectivity index is 0.00000588. The summed E-state index contributed by atoms with van der Waals surface area (Å²) in [6, 6.07) is 5.41. The quantitative estimate of drug-likeness (QED) is 0.341. The number of carbonyl (C=O) groups excluding carboxylic acids is 2. The molecule has 2 aromatic rings. The van der Waals surface area contributed by atoms with E-state index in [1.807, 2.05) is 0 Å². The topological polar surface area (TPSA) is 157 Å². The van der Waals surface area contributed by atoms with Gasteiger partial charge in [0.05, 0.1) is 34.9 Å². The van der Waals surface area contributed by atoms with Crippen molar-refractivity contribution in [2.75, 3.05) is 19.7 Å². The number of likely N-dealkylation sites (N-methyl/N-ethyl adjacent to an activating group) is 1. The molecule has 228 valence electrons. The first-order chi connectivity index (χ1) is 18.5. The van der Waals surface area contributed by atoms with Crippen LogP contribution in [-0.4, -0.2) is 67.1 Å². The van der Waals surface area contributed by atoms with Gasteiger partial charge in [0.1, 0.15) is 11.8 Å². The number of nitrogens with zero attached hydrogens (tertiary/aromatic N) is 2. The van der Waals surface area contributed by atoms with E-state index in [-0.39, 0.29) is 43.6 Å². The maximum absolute atomic E-state index is 13.9. The van der Waals surface area contributed by atoms with Crippen LogP contribution in [0.1, 0.15) is 57.2 Å². The lowest BCUT2D eigenvalue weighted by Gasteiger charge is -2.32. The van der Waals surface area contributed by atoms with Crippen LogP contribution in [0.4, 0.5) is 0 Å². The van der Waals surface area contributed by atoms with E-state index in [2.05, 4.69) is 15.2 Å². The predicted octanol–water partition coefficient (Wildman–Crippen LogP) is 3.08. The number of hydrogen-bond acceptors (Lipinski definition) is 8. The Morgan fingerprint density at radius 3 is 2.37 bits per heavy atom. The largest absolute Gasteiger partial charge is 0.374 e. The molecule has 2 amide bonds. The second kappa shape index (κ2) is 13.2. The van der Waals surface area contributed by atoms with Crippen molar-refractivity contribution in [2.24, 2.45) is 5.73 Å². The molecule has 1 aliphatic rings. The molecule has 0 aliphatic carbocycles. The molecule has 1 atom stereocenters. The summed E-state index contributed by atoms with van der Waals surface area (Å²) < 4.78 is 40.1. The fourth-order valence-corrected chi connectivity index (χ4v) is 6.47. The SMILES string of the molecule is CCN(CC1=C(c2ccc(Cl)cc2)S(=O)(=O)NC1(C)C)C(=O)[C@@H](COCc1c(C)noc1C)NC(=O)C(C)(C)N.Cl. The third-order valence-corrected chi connectivity index (χ3v) is 8.79. The second-order valence-electron chi connectivity index (χ2n) is 11.0. The number of rotatable bonds is 11. The maximum atomic E-state index is 13.9. The van der Waals surface area contributed by atoms with Gasteiger partial charge in [-0.25, -0.2) is 13.1 Å². The number of nitrogens with two attached hydrogens (primary N) is 1. The molecule has 4 N–H and O–H groups in total. The van der Waals surface area contributed by atoms with Crippen LogP contribution >= 0.6 is 24.0 Å². The van der Waals surface area contributed by atoms with Crippen molar-refractivity contribution in [3.8, 4) is 0 Å². The highest BCUT2D eigenvalue weighted by Gasteiger charge is 2.44. The summed E-state index contributed by atoms with van der Waals surface area (Å²) in [5.41, 5.74) is 6.15. The molecule has 0 unspecified atom stereocenters. The first-order valence-electron chi connectivity index (χ1n) is 12.9. The summed E-state index contributed by atoms with van der Waals surface area (Å²) in [7, 11) is -3.87. The third-order valence-electron chi connectivity index (χ3n) is 6.74. The van der Waals surface area contributed by atoms with Crippen LogP contribution < -0.4 is 15.8 Å². The molecule has 41 heavy (non-hydrogen) atoms. The number of hydrogen-bond donors (Lipinski definition) is 3. The number of aromatic nitrogens is 1. The maximum Gasteiger partial charge on any atom is 0.247 e. The monoisotopic (exact) mass is 631 g/mol. The second-order valence-corrected chi connectivity index (χ2v) is 13.0. The lowest BCUT2D eigenvalue weighted by molar-refractivity contribution is -0.139. The van der Waals surface area contributed by atoms with E-state index < -0.39 is 39.0 Å². The van der Waals surface area contributed by atoms with Gasteiger partial charge in [0.25, 0.3) is 0 Å². The average molecular weight is 633 g/mol. The molecule has 2 heterocycles. The van der Waals surface area contributed by atoms with E-state index in [0.717, 1.165) is 5.56 Å². The number of ether oxygens (including phenoxy) is 1. The number of sulfonamides is 1. The van der Waals surface area contributed by atoms with E-state index in [4.69, 9.17) is 26.6 Å². The van der Waals surface area contributed by atoms with E-state index in [1.165, 1.54) is 18.7 Å². The summed E-state index contributed by atoms with van der Waals surface area (Å²) >= 11 is 6.03. The van der Waals surface area contributed by atoms with Crippen molar-refractivity contribution < 1.29 is 27.3 Å². The van der Waals surface area contributed by atoms with Crippen molar-refractivity contribution in [1.29, 1.82) is 0 Å². The zero-order valence-electron chi connectivity index (χ0n) is 24.3. The van der Waals surface area contributed by atoms with Gasteiger partial charge in [0.2, 0.25) is 21.8 Å². The van der Waals surface area contributed by atoms with E-state index >= 15 is 0 Å². The Hall–Kier alpha value is -2.48. The van der Waals surface area contributed by atoms with Crippen LogP contribution in [0.25, 0.3) is 4.91 Å². The molecule has 0 spiro atoms. The highest BCUT2D eigenvalue weighted by Crippen LogP contribution is 2.38. The summed E-state index contributed by atoms with van der Waals surface area (Å²) in [5, 5.41) is 7.08. The molecule has 0 fully saturated rings. The van der Waals surface area contributed by atoms with Gasteiger partial charge in [-0.2, -0.15) is 0 Å². The zero-order valence-corrected chi connectivity index (χ0v) is 26.7. The van der Waals surface area contributed by atoms with Crippen LogP contribution in [0.3, 0.4) is 0 Å². The Morgan fingerprint density at radius 2 is 1.85 bits per heavy atom. The Bertz CT molecular complexity index is 1380. The fourth-order valence-electron chi connectivity index (χ4n) is 4.36. The number of benzene rings is 1. The Morgan fingerprint density at radius 1 is 1.24 bits per heavy atom. The highest BCUT2D eigenvalue weighted by molar-refractivity contribution is 7.99. The molecule has 0 radical (unpaired) electrons. The van der Waals surface area contributed by atoms with E-state index in [1.54, 1.807) is 58.9 Å². The molecule has 1 aromatic heterocycles. The van der Waals surface area contributed by atoms with Crippen molar-refractivity contribution in [1.82, 2.24) is 20.1 Å². The molecule has 0 bridgehead atoms. The number of amides is 2. The standard InChI is InChI=1S/C27H38ClN5O6S.ClH/c1-8-33(13-21-23(18-9-11-19(28)12-10-18)40(36,37)32-27(21,6)7)24(34)22(30-25(35)26(4,5)29)15-38-14-20-16(2)31-39-17(20)3;/h9-12,22,32H,8,13-15,29H2,1-7H3,(H,30,35);1H/t22-;/m1./s1. The van der Waals surface area contributed by atoms with Crippen LogP contribution in [0, 0.1) is 13.8 Å². The molecule has 0 saturated heterocycles. The van der Waals surface area contributed by atoms with Gasteiger partial charge < -0.3 is 25.2 Å². The summed E-state index contributed by atoms with van der Waals surface area (Å²) in [4.78, 5) is 28.2. The average Bonchev–Trinajstić information content (AvgIpc) is 3.26. The van der Waals surface area contributed by atoms with Crippen molar-refractivity contribution in [3.63, 3.8) is 0 Å². The predicted molar refractivity (Wildman–Crippen MR) is 160 cm³/mol. The van der Waals surface area contributed by atoms with Gasteiger partial charge in [0, 0.05) is 23.7 Å². The van der Waals surface area contributed by atoms with Gasteiger partial charge in [0.15, 0.2) is 0 Å². The summed E-state index contributed by atoms with van der Waals surface area (Å²) in [6.45, 7) is 12.1. The number of nitrogens with one attached hydrogen (secondary N) is 2. The number of aryl methyl sites for hydroxylation is 2. The van der Waals surface area contributed by atoms with E-state index in [0.29, 0.717) is 27.6 Å². The molecule has 3 rings (SSSR count). The normalized spacial score (nSPS) is 16.7. The zero-order chi connectivity index (χ0) is 30.0. The van der Waals surface area contributed by atoms with Crippen LogP contribution in [-0.2, 0) is 31.0 Å². The van der Waals surface area contributed by atoms with Gasteiger partial charge in [-0.05, 0) is 71.7 Å². The molecular formula is C27H39Cl2N5O6S. The Kier molecular flexibility index (Phi) is 11.2. The van der Waals surface area contributed by atoms with Gasteiger partial charge in [-0.15, -0.1) is 12.4 Å². The highest BCUT2D eigenvalue weighted by atomic mass is 35.5. The number of carbonyl (C=O) groups is 2. The minimum Gasteiger partial charge on any atom is -0.374 e.